The zero-order valence-electron chi connectivity index (χ0n) is 17.1. The number of aromatic nitrogens is 3. The first-order chi connectivity index (χ1) is 15.3. The van der Waals surface area contributed by atoms with Crippen molar-refractivity contribution in [1.29, 1.82) is 0 Å². The second kappa shape index (κ2) is 7.28. The molecule has 1 aliphatic heterocycles. The molecule has 158 valence electrons. The van der Waals surface area contributed by atoms with Gasteiger partial charge in [-0.2, -0.15) is 4.98 Å². The molecule has 1 aliphatic rings. The highest BCUT2D eigenvalue weighted by Crippen LogP contribution is 2.32. The van der Waals surface area contributed by atoms with Crippen molar-refractivity contribution in [2.24, 2.45) is 0 Å². The fourth-order valence-corrected chi connectivity index (χ4v) is 3.80. The van der Waals surface area contributed by atoms with Gasteiger partial charge in [0.25, 0.3) is 17.7 Å². The van der Waals surface area contributed by atoms with Gasteiger partial charge in [-0.25, -0.2) is 9.42 Å². The average molecular weight is 446 g/mol. The van der Waals surface area contributed by atoms with Gasteiger partial charge < -0.3 is 0 Å². The number of aryl methyl sites for hydroxylation is 2. The van der Waals surface area contributed by atoms with Gasteiger partial charge in [-0.1, -0.05) is 23.7 Å². The van der Waals surface area contributed by atoms with E-state index in [2.05, 4.69) is 15.4 Å². The first-order valence-electron chi connectivity index (χ1n) is 9.75. The van der Waals surface area contributed by atoms with Crippen LogP contribution in [0.2, 0.25) is 5.02 Å². The number of fused-ring (bicyclic) bond motifs is 2. The van der Waals surface area contributed by atoms with Gasteiger partial charge in [0.1, 0.15) is 0 Å². The Morgan fingerprint density at radius 1 is 0.969 bits per heavy atom. The number of nitrogens with zero attached hydrogens (tertiary/aromatic N) is 4. The van der Waals surface area contributed by atoms with Gasteiger partial charge in [0, 0.05) is 11.8 Å². The summed E-state index contributed by atoms with van der Waals surface area (Å²) in [5.41, 5.74) is 3.44. The molecule has 0 aliphatic carbocycles. The van der Waals surface area contributed by atoms with Crippen LogP contribution >= 0.6 is 11.6 Å². The van der Waals surface area contributed by atoms with Crippen LogP contribution in [-0.4, -0.2) is 32.3 Å². The Morgan fingerprint density at radius 3 is 2.56 bits per heavy atom. The van der Waals surface area contributed by atoms with E-state index in [0.29, 0.717) is 16.4 Å². The molecule has 4 aromatic rings. The third kappa shape index (κ3) is 3.21. The van der Waals surface area contributed by atoms with Crippen molar-refractivity contribution in [1.82, 2.24) is 14.6 Å². The fraction of sp³-hybridized carbons (Fsp3) is 0.0870. The smallest absolute Gasteiger partial charge is 0.266 e. The average Bonchev–Trinajstić information content (AvgIpc) is 3.27. The molecule has 2 aromatic carbocycles. The fourth-order valence-electron chi connectivity index (χ4n) is 3.65. The first kappa shape index (κ1) is 19.9. The van der Waals surface area contributed by atoms with Crippen LogP contribution in [-0.2, 0) is 0 Å². The lowest BCUT2D eigenvalue weighted by Crippen LogP contribution is -2.30. The van der Waals surface area contributed by atoms with E-state index in [4.69, 9.17) is 11.6 Å². The summed E-state index contributed by atoms with van der Waals surface area (Å²) in [5, 5.41) is 7.26. The minimum absolute atomic E-state index is 0.0946. The standard InChI is InChI=1S/C23H16ClN5O3/c1-12-3-4-13(2)18(9-12)29-21(31)16-7-5-14(10-17(16)22(29)32)20(30)26-23-25-19-8-6-15(24)11-28(19)27-23/h3-11H,1-2H3,(H,26,27,30). The van der Waals surface area contributed by atoms with Crippen LogP contribution < -0.4 is 10.2 Å². The summed E-state index contributed by atoms with van der Waals surface area (Å²) in [6.45, 7) is 3.73. The molecule has 0 spiro atoms. The molecule has 0 radical (unpaired) electrons. The molecular weight excluding hydrogens is 430 g/mol. The Hall–Kier alpha value is -4.04. The van der Waals surface area contributed by atoms with E-state index in [1.807, 2.05) is 26.0 Å². The van der Waals surface area contributed by atoms with Crippen molar-refractivity contribution in [3.05, 3.63) is 87.6 Å². The molecule has 0 unspecified atom stereocenters. The van der Waals surface area contributed by atoms with E-state index in [0.717, 1.165) is 16.0 Å². The van der Waals surface area contributed by atoms with Crippen LogP contribution in [0, 0.1) is 13.8 Å². The van der Waals surface area contributed by atoms with Gasteiger partial charge in [0.05, 0.1) is 21.8 Å². The summed E-state index contributed by atoms with van der Waals surface area (Å²) < 4.78 is 1.45. The zero-order chi connectivity index (χ0) is 22.6. The molecule has 2 aromatic heterocycles. The summed E-state index contributed by atoms with van der Waals surface area (Å²) in [6.07, 6.45) is 1.57. The lowest BCUT2D eigenvalue weighted by atomic mass is 10.1. The van der Waals surface area contributed by atoms with Crippen molar-refractivity contribution < 1.29 is 14.4 Å². The Kier molecular flexibility index (Phi) is 4.53. The number of nitrogens with one attached hydrogen (secondary N) is 1. The number of rotatable bonds is 3. The molecule has 5 rings (SSSR count). The van der Waals surface area contributed by atoms with E-state index < -0.39 is 17.7 Å². The van der Waals surface area contributed by atoms with Crippen molar-refractivity contribution in [2.75, 3.05) is 10.2 Å². The van der Waals surface area contributed by atoms with E-state index >= 15 is 0 Å². The summed E-state index contributed by atoms with van der Waals surface area (Å²) >= 11 is 5.94. The summed E-state index contributed by atoms with van der Waals surface area (Å²) in [7, 11) is 0. The van der Waals surface area contributed by atoms with Crippen LogP contribution in [0.1, 0.15) is 42.2 Å². The molecule has 32 heavy (non-hydrogen) atoms. The SMILES string of the molecule is Cc1ccc(C)c(N2C(=O)c3ccc(C(=O)Nc4nc5ccc(Cl)cn5n4)cc3C2=O)c1. The minimum Gasteiger partial charge on any atom is -0.289 e. The Balaban J connectivity index is 1.45. The highest BCUT2D eigenvalue weighted by atomic mass is 35.5. The molecule has 0 saturated heterocycles. The second-order valence-electron chi connectivity index (χ2n) is 7.54. The van der Waals surface area contributed by atoms with E-state index in [9.17, 15) is 14.4 Å². The van der Waals surface area contributed by atoms with E-state index in [1.54, 1.807) is 24.4 Å². The molecule has 0 bridgehead atoms. The normalized spacial score (nSPS) is 13.0. The van der Waals surface area contributed by atoms with Gasteiger partial charge in [-0.3, -0.25) is 19.7 Å². The molecule has 1 N–H and O–H groups in total. The third-order valence-corrected chi connectivity index (χ3v) is 5.50. The van der Waals surface area contributed by atoms with Crippen molar-refractivity contribution in [3.8, 4) is 0 Å². The number of imide groups is 1. The van der Waals surface area contributed by atoms with Crippen LogP contribution in [0.4, 0.5) is 11.6 Å². The second-order valence-corrected chi connectivity index (χ2v) is 7.97. The van der Waals surface area contributed by atoms with Gasteiger partial charge in [0.2, 0.25) is 5.95 Å². The van der Waals surface area contributed by atoms with Crippen LogP contribution in [0.5, 0.6) is 0 Å². The number of halogens is 1. The number of anilines is 2. The highest BCUT2D eigenvalue weighted by molar-refractivity contribution is 6.35. The van der Waals surface area contributed by atoms with Gasteiger partial charge in [-0.05, 0) is 61.4 Å². The molecule has 0 fully saturated rings. The van der Waals surface area contributed by atoms with E-state index in [1.165, 1.54) is 22.7 Å². The Labute approximate surface area is 187 Å². The van der Waals surface area contributed by atoms with Gasteiger partial charge in [0.15, 0.2) is 5.65 Å². The molecule has 8 nitrogen and oxygen atoms in total. The number of carbonyl (C=O) groups excluding carboxylic acids is 3. The lowest BCUT2D eigenvalue weighted by molar-refractivity contribution is 0.0925. The number of hydrogen-bond donors (Lipinski definition) is 1. The monoisotopic (exact) mass is 445 g/mol. The third-order valence-electron chi connectivity index (χ3n) is 5.27. The Morgan fingerprint density at radius 2 is 1.75 bits per heavy atom. The quantitative estimate of drug-likeness (QED) is 0.480. The summed E-state index contributed by atoms with van der Waals surface area (Å²) in [4.78, 5) is 44.2. The summed E-state index contributed by atoms with van der Waals surface area (Å²) in [5.74, 6) is -1.28. The predicted molar refractivity (Wildman–Crippen MR) is 119 cm³/mol. The molecule has 0 saturated carbocycles. The topological polar surface area (TPSA) is 96.7 Å². The summed E-state index contributed by atoms with van der Waals surface area (Å²) in [6, 6.07) is 13.3. The number of hydrogen-bond acceptors (Lipinski definition) is 5. The predicted octanol–water partition coefficient (Wildman–Crippen LogP) is 4.05. The van der Waals surface area contributed by atoms with Crippen molar-refractivity contribution >= 4 is 46.6 Å². The van der Waals surface area contributed by atoms with Crippen molar-refractivity contribution in [2.45, 2.75) is 13.8 Å². The van der Waals surface area contributed by atoms with Crippen LogP contribution in [0.3, 0.4) is 0 Å². The zero-order valence-corrected chi connectivity index (χ0v) is 17.8. The van der Waals surface area contributed by atoms with Crippen LogP contribution in [0.15, 0.2) is 54.7 Å². The molecule has 9 heteroatoms. The number of benzene rings is 2. The number of carbonyl (C=O) groups is 3. The first-order valence-corrected chi connectivity index (χ1v) is 10.1. The molecule has 3 amide bonds. The molecular formula is C23H16ClN5O3. The largest absolute Gasteiger partial charge is 0.289 e. The minimum atomic E-state index is -0.500. The molecule has 0 atom stereocenters. The maximum atomic E-state index is 13.1. The number of amides is 3. The maximum Gasteiger partial charge on any atom is 0.266 e. The van der Waals surface area contributed by atoms with Gasteiger partial charge >= 0.3 is 0 Å². The lowest BCUT2D eigenvalue weighted by Gasteiger charge is -2.17. The maximum absolute atomic E-state index is 13.1. The van der Waals surface area contributed by atoms with Crippen LogP contribution in [0.25, 0.3) is 5.65 Å². The highest BCUT2D eigenvalue weighted by Gasteiger charge is 2.37. The van der Waals surface area contributed by atoms with E-state index in [-0.39, 0.29) is 22.6 Å². The molecule has 3 heterocycles. The Bertz CT molecular complexity index is 1460. The number of pyridine rings is 1. The van der Waals surface area contributed by atoms with Gasteiger partial charge in [-0.15, -0.1) is 5.10 Å². The van der Waals surface area contributed by atoms with Crippen molar-refractivity contribution in [3.63, 3.8) is 0 Å².